The molecule has 3 rings (SSSR count). The normalized spacial score (nSPS) is 23.2. The second-order valence-corrected chi connectivity index (χ2v) is 7.96. The number of carbonyl (C=O) groups excluding carboxylic acids is 4. The lowest BCUT2D eigenvalue weighted by Crippen LogP contribution is -2.68. The van der Waals surface area contributed by atoms with E-state index in [-0.39, 0.29) is 0 Å². The fraction of sp³-hybridized carbons (Fsp3) is 0.250. The number of ether oxygens (including phenoxy) is 2. The lowest BCUT2D eigenvalue weighted by atomic mass is 9.84. The Morgan fingerprint density at radius 3 is 2.18 bits per heavy atom. The second kappa shape index (κ2) is 9.66. The van der Waals surface area contributed by atoms with Crippen LogP contribution in [0.5, 0.6) is 0 Å². The molecule has 5 N–H and O–H groups in total. The average Bonchev–Trinajstić information content (AvgIpc) is 2.77. The van der Waals surface area contributed by atoms with Crippen LogP contribution in [0.15, 0.2) is 72.8 Å². The predicted octanol–water partition coefficient (Wildman–Crippen LogP) is 0.816. The van der Waals surface area contributed by atoms with Gasteiger partial charge in [-0.2, -0.15) is 0 Å². The lowest BCUT2D eigenvalue weighted by molar-refractivity contribution is -0.189. The number of nitrogens with one attached hydrogen (secondary N) is 1. The Labute approximate surface area is 190 Å². The van der Waals surface area contributed by atoms with Crippen LogP contribution in [-0.2, 0) is 40.6 Å². The topological polar surface area (TPSA) is 151 Å². The molecule has 1 aliphatic rings. The van der Waals surface area contributed by atoms with E-state index < -0.39 is 47.5 Å². The molecule has 2 aromatic carbocycles. The zero-order valence-corrected chi connectivity index (χ0v) is 18.0. The van der Waals surface area contributed by atoms with Crippen LogP contribution in [0, 0.1) is 0 Å². The number of hydrogen-bond donors (Lipinski definition) is 3. The van der Waals surface area contributed by atoms with Crippen LogP contribution in [0.4, 0.5) is 0 Å². The van der Waals surface area contributed by atoms with Gasteiger partial charge in [0, 0.05) is 12.2 Å². The molecule has 9 heteroatoms. The average molecular weight is 451 g/mol. The molecule has 1 heterocycles. The van der Waals surface area contributed by atoms with Crippen molar-refractivity contribution in [3.63, 3.8) is 0 Å². The Bertz CT molecular complexity index is 1070. The summed E-state index contributed by atoms with van der Waals surface area (Å²) >= 11 is 0. The van der Waals surface area contributed by atoms with E-state index in [2.05, 4.69) is 5.32 Å². The van der Waals surface area contributed by atoms with Gasteiger partial charge < -0.3 is 20.5 Å². The van der Waals surface area contributed by atoms with Gasteiger partial charge in [-0.15, -0.1) is 0 Å². The van der Waals surface area contributed by atoms with Crippen molar-refractivity contribution in [2.75, 3.05) is 0 Å². The summed E-state index contributed by atoms with van der Waals surface area (Å²) in [5.74, 6) is -3.85. The van der Waals surface area contributed by atoms with Gasteiger partial charge in [0.25, 0.3) is 11.6 Å². The molecule has 9 nitrogen and oxygen atoms in total. The molecule has 2 amide bonds. The van der Waals surface area contributed by atoms with Gasteiger partial charge in [-0.1, -0.05) is 60.7 Å². The first-order valence-electron chi connectivity index (χ1n) is 10.2. The molecule has 1 aliphatic heterocycles. The van der Waals surface area contributed by atoms with E-state index in [4.69, 9.17) is 20.9 Å². The fourth-order valence-electron chi connectivity index (χ4n) is 3.61. The first-order chi connectivity index (χ1) is 15.6. The number of rotatable bonds is 7. The maximum atomic E-state index is 13.5. The van der Waals surface area contributed by atoms with Gasteiger partial charge in [-0.25, -0.2) is 9.59 Å². The molecule has 172 valence electrons. The number of benzene rings is 2. The third-order valence-corrected chi connectivity index (χ3v) is 5.30. The van der Waals surface area contributed by atoms with Crippen molar-refractivity contribution in [2.45, 2.75) is 37.1 Å². The van der Waals surface area contributed by atoms with Crippen molar-refractivity contribution in [1.82, 2.24) is 5.32 Å². The van der Waals surface area contributed by atoms with Gasteiger partial charge in [0.2, 0.25) is 5.91 Å². The van der Waals surface area contributed by atoms with E-state index in [1.165, 1.54) is 0 Å². The van der Waals surface area contributed by atoms with Crippen molar-refractivity contribution in [3.05, 3.63) is 83.9 Å². The summed E-state index contributed by atoms with van der Waals surface area (Å²) in [5, 5.41) is 2.85. The Morgan fingerprint density at radius 1 is 1.00 bits per heavy atom. The van der Waals surface area contributed by atoms with E-state index in [0.717, 1.165) is 23.3 Å². The number of cyclic esters (lactones) is 2. The van der Waals surface area contributed by atoms with Crippen LogP contribution in [0.25, 0.3) is 0 Å². The van der Waals surface area contributed by atoms with E-state index >= 15 is 0 Å². The summed E-state index contributed by atoms with van der Waals surface area (Å²) in [5.41, 5.74) is 9.66. The van der Waals surface area contributed by atoms with Gasteiger partial charge in [0.05, 0.1) is 12.0 Å². The maximum absolute atomic E-state index is 13.5. The van der Waals surface area contributed by atoms with Gasteiger partial charge in [0.1, 0.15) is 0 Å². The summed E-state index contributed by atoms with van der Waals surface area (Å²) in [6, 6.07) is 18.6. The Balaban J connectivity index is 2.00. The fourth-order valence-corrected chi connectivity index (χ4v) is 3.61. The Morgan fingerprint density at radius 2 is 1.58 bits per heavy atom. The summed E-state index contributed by atoms with van der Waals surface area (Å²) in [6.45, 7) is 1.79. The minimum Gasteiger partial charge on any atom is -0.452 e. The molecule has 0 saturated heterocycles. The third-order valence-electron chi connectivity index (χ3n) is 5.30. The highest BCUT2D eigenvalue weighted by atomic mass is 16.6. The van der Waals surface area contributed by atoms with Crippen molar-refractivity contribution in [1.29, 1.82) is 0 Å². The van der Waals surface area contributed by atoms with Crippen molar-refractivity contribution >= 4 is 23.8 Å². The molecule has 1 unspecified atom stereocenters. The third kappa shape index (κ3) is 5.64. The van der Waals surface area contributed by atoms with E-state index in [9.17, 15) is 19.2 Å². The maximum Gasteiger partial charge on any atom is 0.333 e. The first-order valence-corrected chi connectivity index (χ1v) is 10.2. The van der Waals surface area contributed by atoms with Gasteiger partial charge in [-0.3, -0.25) is 15.3 Å². The number of amides is 2. The molecular formula is C24H25N3O6. The van der Waals surface area contributed by atoms with Crippen LogP contribution >= 0.6 is 0 Å². The summed E-state index contributed by atoms with van der Waals surface area (Å²) in [7, 11) is 0. The van der Waals surface area contributed by atoms with E-state index in [1.807, 2.05) is 60.7 Å². The molecule has 0 saturated carbocycles. The quantitative estimate of drug-likeness (QED) is 0.527. The zero-order chi connectivity index (χ0) is 24.1. The highest BCUT2D eigenvalue weighted by Crippen LogP contribution is 2.28. The van der Waals surface area contributed by atoms with Crippen LogP contribution in [0.1, 0.15) is 24.5 Å². The van der Waals surface area contributed by atoms with Crippen LogP contribution in [0.2, 0.25) is 0 Å². The SMILES string of the molecule is C[C@](Cc1ccccc1)(NC(=O)[C@]1(N)OC(=O)/C=C\C(=O)OC1CC(N)=O)c1ccccc1. The van der Waals surface area contributed by atoms with Crippen LogP contribution < -0.4 is 16.8 Å². The van der Waals surface area contributed by atoms with E-state index in [1.54, 1.807) is 6.92 Å². The van der Waals surface area contributed by atoms with Gasteiger partial charge in [0.15, 0.2) is 6.10 Å². The molecule has 0 aromatic heterocycles. The number of primary amides is 1. The minimum atomic E-state index is -2.50. The summed E-state index contributed by atoms with van der Waals surface area (Å²) < 4.78 is 10.3. The second-order valence-electron chi connectivity index (χ2n) is 7.96. The molecule has 0 spiro atoms. The van der Waals surface area contributed by atoms with E-state index in [0.29, 0.717) is 6.42 Å². The number of esters is 2. The summed E-state index contributed by atoms with van der Waals surface area (Å²) in [6.07, 6.45) is -0.283. The number of carbonyl (C=O) groups is 4. The van der Waals surface area contributed by atoms with Crippen molar-refractivity contribution in [3.8, 4) is 0 Å². The van der Waals surface area contributed by atoms with Crippen LogP contribution in [0.3, 0.4) is 0 Å². The highest BCUT2D eigenvalue weighted by Gasteiger charge is 2.51. The van der Waals surface area contributed by atoms with Crippen molar-refractivity contribution in [2.24, 2.45) is 11.5 Å². The highest BCUT2D eigenvalue weighted by molar-refractivity contribution is 5.97. The number of nitrogens with two attached hydrogens (primary N) is 2. The smallest absolute Gasteiger partial charge is 0.333 e. The summed E-state index contributed by atoms with van der Waals surface area (Å²) in [4.78, 5) is 49.3. The minimum absolute atomic E-state index is 0.369. The Hall–Kier alpha value is -3.98. The monoisotopic (exact) mass is 451 g/mol. The Kier molecular flexibility index (Phi) is 6.93. The molecule has 0 bridgehead atoms. The standard InChI is InChI=1S/C24H25N3O6/c1-23(17-10-6-3-7-11-17,15-16-8-4-2-5-9-16)27-22(31)24(26)18(14-19(25)28)32-20(29)12-13-21(30)33-24/h2-13,18H,14-15,26H2,1H3,(H2,25,28)(H,27,31)/b13-12-/t18?,23-,24-/m1/s1. The van der Waals surface area contributed by atoms with Gasteiger partial charge in [-0.05, 0) is 24.5 Å². The predicted molar refractivity (Wildman–Crippen MR) is 118 cm³/mol. The van der Waals surface area contributed by atoms with Gasteiger partial charge >= 0.3 is 11.9 Å². The lowest BCUT2D eigenvalue weighted by Gasteiger charge is -2.39. The van der Waals surface area contributed by atoms with Crippen molar-refractivity contribution < 1.29 is 28.7 Å². The molecule has 0 aliphatic carbocycles. The molecule has 3 atom stereocenters. The first kappa shape index (κ1) is 23.7. The van der Waals surface area contributed by atoms with Crippen LogP contribution in [-0.4, -0.2) is 35.6 Å². The molecule has 0 radical (unpaired) electrons. The largest absolute Gasteiger partial charge is 0.452 e. The molecular weight excluding hydrogens is 426 g/mol. The molecule has 0 fully saturated rings. The molecule has 2 aromatic rings. The number of hydrogen-bond acceptors (Lipinski definition) is 7. The zero-order valence-electron chi connectivity index (χ0n) is 18.0. The molecule has 33 heavy (non-hydrogen) atoms.